The molecule has 0 saturated carbocycles. The number of hydrogen-bond acceptors (Lipinski definition) is 3. The van der Waals surface area contributed by atoms with E-state index in [9.17, 15) is 9.50 Å². The summed E-state index contributed by atoms with van der Waals surface area (Å²) in [6.07, 6.45) is -2.96. The fraction of sp³-hybridized carbons (Fsp3) is 0.333. The molecule has 2 unspecified atom stereocenters. The van der Waals surface area contributed by atoms with Crippen molar-refractivity contribution in [1.82, 2.24) is 0 Å². The summed E-state index contributed by atoms with van der Waals surface area (Å²) in [5.41, 5.74) is -0.198. The van der Waals surface area contributed by atoms with Crippen molar-refractivity contribution in [3.8, 4) is 0 Å². The zero-order chi connectivity index (χ0) is 10.7. The molecule has 0 aliphatic carbocycles. The van der Waals surface area contributed by atoms with E-state index < -0.39 is 24.6 Å². The summed E-state index contributed by atoms with van der Waals surface area (Å²) < 4.78 is 13.2. The molecule has 0 amide bonds. The van der Waals surface area contributed by atoms with E-state index in [4.69, 9.17) is 21.8 Å². The quantitative estimate of drug-likeness (QED) is 0.708. The largest absolute Gasteiger partial charge is 0.394 e. The zero-order valence-corrected chi connectivity index (χ0v) is 7.95. The fourth-order valence-electron chi connectivity index (χ4n) is 1.09. The first-order valence-electron chi connectivity index (χ1n) is 3.98. The van der Waals surface area contributed by atoms with Crippen LogP contribution >= 0.6 is 11.6 Å². The molecule has 0 heterocycles. The van der Waals surface area contributed by atoms with Crippen LogP contribution in [0, 0.1) is 5.82 Å². The third-order valence-electron chi connectivity index (χ3n) is 1.85. The Kier molecular flexibility index (Phi) is 3.83. The number of aliphatic hydroxyl groups is 3. The zero-order valence-electron chi connectivity index (χ0n) is 7.19. The van der Waals surface area contributed by atoms with E-state index >= 15 is 0 Å². The topological polar surface area (TPSA) is 60.7 Å². The highest BCUT2D eigenvalue weighted by molar-refractivity contribution is 6.31. The van der Waals surface area contributed by atoms with Crippen LogP contribution in [0.3, 0.4) is 0 Å². The average molecular weight is 221 g/mol. The Morgan fingerprint density at radius 3 is 2.50 bits per heavy atom. The maximum Gasteiger partial charge on any atom is 0.130 e. The van der Waals surface area contributed by atoms with Crippen LogP contribution in [0.4, 0.5) is 4.39 Å². The fourth-order valence-corrected chi connectivity index (χ4v) is 1.36. The third-order valence-corrected chi connectivity index (χ3v) is 2.18. The summed E-state index contributed by atoms with van der Waals surface area (Å²) >= 11 is 5.63. The van der Waals surface area contributed by atoms with Crippen molar-refractivity contribution >= 4 is 11.6 Å². The predicted molar refractivity (Wildman–Crippen MR) is 49.5 cm³/mol. The molecule has 0 aliphatic heterocycles. The molecule has 78 valence electrons. The Morgan fingerprint density at radius 1 is 1.36 bits per heavy atom. The van der Waals surface area contributed by atoms with Gasteiger partial charge in [-0.05, 0) is 12.1 Å². The van der Waals surface area contributed by atoms with E-state index in [1.54, 1.807) is 0 Å². The summed E-state index contributed by atoms with van der Waals surface area (Å²) in [7, 11) is 0. The lowest BCUT2D eigenvalue weighted by Gasteiger charge is -2.17. The standard InChI is InChI=1S/C9H10ClFO3/c10-5-2-1-3-6(11)8(5)9(14)7(13)4-12/h1-3,7,9,12-14H,4H2. The molecular weight excluding hydrogens is 211 g/mol. The first kappa shape index (κ1) is 11.4. The maximum absolute atomic E-state index is 13.2. The monoisotopic (exact) mass is 220 g/mol. The van der Waals surface area contributed by atoms with Crippen LogP contribution in [-0.2, 0) is 0 Å². The van der Waals surface area contributed by atoms with Crippen molar-refractivity contribution in [1.29, 1.82) is 0 Å². The van der Waals surface area contributed by atoms with Gasteiger partial charge in [-0.15, -0.1) is 0 Å². The van der Waals surface area contributed by atoms with Gasteiger partial charge in [-0.1, -0.05) is 17.7 Å². The molecule has 0 spiro atoms. The van der Waals surface area contributed by atoms with Gasteiger partial charge in [0.05, 0.1) is 6.61 Å². The van der Waals surface area contributed by atoms with Crippen LogP contribution in [0.2, 0.25) is 5.02 Å². The number of aliphatic hydroxyl groups excluding tert-OH is 3. The number of halogens is 2. The molecule has 0 aliphatic rings. The van der Waals surface area contributed by atoms with Gasteiger partial charge >= 0.3 is 0 Å². The smallest absolute Gasteiger partial charge is 0.130 e. The van der Waals surface area contributed by atoms with Crippen molar-refractivity contribution < 1.29 is 19.7 Å². The summed E-state index contributed by atoms with van der Waals surface area (Å²) in [4.78, 5) is 0. The van der Waals surface area contributed by atoms with Gasteiger partial charge in [-0.3, -0.25) is 0 Å². The van der Waals surface area contributed by atoms with Crippen molar-refractivity contribution in [2.24, 2.45) is 0 Å². The molecule has 1 rings (SSSR count). The molecule has 0 saturated heterocycles. The van der Waals surface area contributed by atoms with Gasteiger partial charge in [0, 0.05) is 10.6 Å². The Balaban J connectivity index is 3.05. The second kappa shape index (κ2) is 4.70. The van der Waals surface area contributed by atoms with Crippen molar-refractivity contribution in [2.45, 2.75) is 12.2 Å². The van der Waals surface area contributed by atoms with Crippen LogP contribution in [-0.4, -0.2) is 28.0 Å². The van der Waals surface area contributed by atoms with Crippen LogP contribution in [0.15, 0.2) is 18.2 Å². The second-order valence-corrected chi connectivity index (χ2v) is 3.24. The first-order valence-corrected chi connectivity index (χ1v) is 4.36. The summed E-state index contributed by atoms with van der Waals surface area (Å²) in [6.45, 7) is -0.661. The van der Waals surface area contributed by atoms with Gasteiger partial charge in [-0.2, -0.15) is 0 Å². The maximum atomic E-state index is 13.2. The Labute approximate surface area is 85.4 Å². The van der Waals surface area contributed by atoms with Gasteiger partial charge in [0.2, 0.25) is 0 Å². The minimum absolute atomic E-state index is 0.0185. The Hall–Kier alpha value is -0.680. The highest BCUT2D eigenvalue weighted by Gasteiger charge is 2.23. The van der Waals surface area contributed by atoms with Crippen molar-refractivity contribution in [3.05, 3.63) is 34.6 Å². The van der Waals surface area contributed by atoms with Gasteiger partial charge in [0.1, 0.15) is 18.0 Å². The minimum atomic E-state index is -1.52. The van der Waals surface area contributed by atoms with E-state index in [1.807, 2.05) is 0 Å². The molecule has 0 bridgehead atoms. The molecule has 3 nitrogen and oxygen atoms in total. The number of rotatable bonds is 3. The number of benzene rings is 1. The molecule has 1 aromatic carbocycles. The van der Waals surface area contributed by atoms with Crippen LogP contribution in [0.1, 0.15) is 11.7 Å². The molecular formula is C9H10ClFO3. The van der Waals surface area contributed by atoms with E-state index in [2.05, 4.69) is 0 Å². The van der Waals surface area contributed by atoms with Crippen LogP contribution < -0.4 is 0 Å². The molecule has 5 heteroatoms. The van der Waals surface area contributed by atoms with E-state index in [-0.39, 0.29) is 10.6 Å². The van der Waals surface area contributed by atoms with E-state index in [0.717, 1.165) is 6.07 Å². The average Bonchev–Trinajstić information content (AvgIpc) is 2.16. The van der Waals surface area contributed by atoms with Gasteiger partial charge in [0.25, 0.3) is 0 Å². The summed E-state index contributed by atoms with van der Waals surface area (Å²) in [5, 5.41) is 27.1. The lowest BCUT2D eigenvalue weighted by Crippen LogP contribution is -2.23. The minimum Gasteiger partial charge on any atom is -0.394 e. The van der Waals surface area contributed by atoms with Gasteiger partial charge in [-0.25, -0.2) is 4.39 Å². The van der Waals surface area contributed by atoms with E-state index in [0.29, 0.717) is 0 Å². The Bertz CT molecular complexity index is 299. The van der Waals surface area contributed by atoms with Crippen LogP contribution in [0.5, 0.6) is 0 Å². The highest BCUT2D eigenvalue weighted by Crippen LogP contribution is 2.27. The van der Waals surface area contributed by atoms with Crippen molar-refractivity contribution in [2.75, 3.05) is 6.61 Å². The molecule has 3 N–H and O–H groups in total. The molecule has 1 aromatic rings. The molecule has 14 heavy (non-hydrogen) atoms. The molecule has 0 aromatic heterocycles. The van der Waals surface area contributed by atoms with Gasteiger partial charge < -0.3 is 15.3 Å². The molecule has 2 atom stereocenters. The van der Waals surface area contributed by atoms with Crippen LogP contribution in [0.25, 0.3) is 0 Å². The molecule has 0 radical (unpaired) electrons. The highest BCUT2D eigenvalue weighted by atomic mass is 35.5. The van der Waals surface area contributed by atoms with E-state index in [1.165, 1.54) is 12.1 Å². The van der Waals surface area contributed by atoms with Gasteiger partial charge in [0.15, 0.2) is 0 Å². The first-order chi connectivity index (χ1) is 6.57. The second-order valence-electron chi connectivity index (χ2n) is 2.83. The lowest BCUT2D eigenvalue weighted by molar-refractivity contribution is -0.0167. The van der Waals surface area contributed by atoms with Crippen molar-refractivity contribution in [3.63, 3.8) is 0 Å². The third kappa shape index (κ3) is 2.22. The summed E-state index contributed by atoms with van der Waals surface area (Å²) in [5.74, 6) is -0.711. The summed E-state index contributed by atoms with van der Waals surface area (Å²) in [6, 6.07) is 3.90. The number of hydrogen-bond donors (Lipinski definition) is 3. The molecule has 0 fully saturated rings. The lowest BCUT2D eigenvalue weighted by atomic mass is 10.0. The normalized spacial score (nSPS) is 15.2. The SMILES string of the molecule is OCC(O)C(O)c1c(F)cccc1Cl. The predicted octanol–water partition coefficient (Wildman–Crippen LogP) is 0.866. The Morgan fingerprint density at radius 2 is 2.00 bits per heavy atom.